The van der Waals surface area contributed by atoms with E-state index in [9.17, 15) is 9.59 Å². The van der Waals surface area contributed by atoms with Gasteiger partial charge in [-0.1, -0.05) is 6.92 Å². The van der Waals surface area contributed by atoms with Crippen molar-refractivity contribution in [2.75, 3.05) is 12.3 Å². The molecule has 0 fully saturated rings. The number of nitrogens with one attached hydrogen (secondary N) is 1. The second-order valence-electron chi connectivity index (χ2n) is 5.11. The van der Waals surface area contributed by atoms with Crippen molar-refractivity contribution in [3.05, 3.63) is 18.0 Å². The molecular formula is C14H23N3O3. The van der Waals surface area contributed by atoms with Gasteiger partial charge in [-0.3, -0.25) is 4.79 Å². The Hall–Kier alpha value is -1.98. The fourth-order valence-electron chi connectivity index (χ4n) is 1.71. The maximum absolute atomic E-state index is 12.0. The molecule has 0 radical (unpaired) electrons. The first-order valence-corrected chi connectivity index (χ1v) is 6.79. The Morgan fingerprint density at radius 2 is 2.05 bits per heavy atom. The van der Waals surface area contributed by atoms with Gasteiger partial charge in [-0.2, -0.15) is 0 Å². The molecule has 6 nitrogen and oxygen atoms in total. The quantitative estimate of drug-likeness (QED) is 0.777. The summed E-state index contributed by atoms with van der Waals surface area (Å²) < 4.78 is 6.74. The number of nitrogens with zero attached hydrogens (tertiary/aromatic N) is 1. The standard InChI is InChI=1S/C14H23N3O3/c1-5-10(4)16-13(18)8-20-14(19)12-6-11(15)7-17(12)9(2)3/h6-7,9-10H,5,8,15H2,1-4H3,(H,16,18). The molecule has 3 N–H and O–H groups in total. The molecule has 112 valence electrons. The first-order valence-electron chi connectivity index (χ1n) is 6.79. The highest BCUT2D eigenvalue weighted by Gasteiger charge is 2.17. The van der Waals surface area contributed by atoms with Gasteiger partial charge in [0.05, 0.1) is 5.69 Å². The number of rotatable bonds is 6. The van der Waals surface area contributed by atoms with E-state index in [1.54, 1.807) is 16.8 Å². The number of amides is 1. The van der Waals surface area contributed by atoms with E-state index >= 15 is 0 Å². The maximum atomic E-state index is 12.0. The number of aromatic nitrogens is 1. The van der Waals surface area contributed by atoms with Crippen LogP contribution in [0.4, 0.5) is 5.69 Å². The number of ether oxygens (including phenoxy) is 1. The normalized spacial score (nSPS) is 12.2. The lowest BCUT2D eigenvalue weighted by Gasteiger charge is -2.13. The molecule has 1 atom stereocenters. The summed E-state index contributed by atoms with van der Waals surface area (Å²) in [6.45, 7) is 7.45. The molecule has 1 aromatic heterocycles. The zero-order valence-corrected chi connectivity index (χ0v) is 12.5. The summed E-state index contributed by atoms with van der Waals surface area (Å²) >= 11 is 0. The molecule has 1 heterocycles. The predicted molar refractivity (Wildman–Crippen MR) is 77.4 cm³/mol. The molecule has 0 saturated carbocycles. The minimum absolute atomic E-state index is 0.0661. The molecule has 0 spiro atoms. The number of carbonyl (C=O) groups is 2. The summed E-state index contributed by atoms with van der Waals surface area (Å²) in [7, 11) is 0. The summed E-state index contributed by atoms with van der Waals surface area (Å²) in [6.07, 6.45) is 2.51. The van der Waals surface area contributed by atoms with E-state index in [0.717, 1.165) is 6.42 Å². The van der Waals surface area contributed by atoms with E-state index in [4.69, 9.17) is 10.5 Å². The SMILES string of the molecule is CCC(C)NC(=O)COC(=O)c1cc(N)cn1C(C)C. The molecule has 0 aliphatic rings. The van der Waals surface area contributed by atoms with Crippen LogP contribution < -0.4 is 11.1 Å². The number of nitrogens with two attached hydrogens (primary N) is 1. The van der Waals surface area contributed by atoms with E-state index in [-0.39, 0.29) is 24.6 Å². The van der Waals surface area contributed by atoms with Gasteiger partial charge in [0.25, 0.3) is 5.91 Å². The monoisotopic (exact) mass is 281 g/mol. The van der Waals surface area contributed by atoms with Crippen LogP contribution in [0.15, 0.2) is 12.3 Å². The van der Waals surface area contributed by atoms with Gasteiger partial charge in [0.2, 0.25) is 0 Å². The van der Waals surface area contributed by atoms with Gasteiger partial charge in [0.15, 0.2) is 6.61 Å². The Morgan fingerprint density at radius 1 is 1.40 bits per heavy atom. The lowest BCUT2D eigenvalue weighted by Crippen LogP contribution is -2.35. The van der Waals surface area contributed by atoms with Gasteiger partial charge in [-0.05, 0) is 33.3 Å². The number of esters is 1. The minimum atomic E-state index is -0.547. The van der Waals surface area contributed by atoms with Crippen LogP contribution in [0, 0.1) is 0 Å². The fraction of sp³-hybridized carbons (Fsp3) is 0.571. The van der Waals surface area contributed by atoms with Crippen molar-refractivity contribution in [3.63, 3.8) is 0 Å². The zero-order chi connectivity index (χ0) is 15.3. The molecule has 0 aromatic carbocycles. The number of hydrogen-bond donors (Lipinski definition) is 2. The third-order valence-electron chi connectivity index (χ3n) is 2.99. The molecule has 1 rings (SSSR count). The van der Waals surface area contributed by atoms with Crippen molar-refractivity contribution < 1.29 is 14.3 Å². The highest BCUT2D eigenvalue weighted by atomic mass is 16.5. The van der Waals surface area contributed by atoms with E-state index < -0.39 is 5.97 Å². The lowest BCUT2D eigenvalue weighted by atomic mass is 10.2. The van der Waals surface area contributed by atoms with Gasteiger partial charge in [-0.15, -0.1) is 0 Å². The van der Waals surface area contributed by atoms with Crippen LogP contribution in [-0.4, -0.2) is 29.1 Å². The van der Waals surface area contributed by atoms with Crippen LogP contribution in [0.25, 0.3) is 0 Å². The molecule has 20 heavy (non-hydrogen) atoms. The topological polar surface area (TPSA) is 86.3 Å². The van der Waals surface area contributed by atoms with Crippen LogP contribution in [0.3, 0.4) is 0 Å². The number of carbonyl (C=O) groups excluding carboxylic acids is 2. The van der Waals surface area contributed by atoms with Crippen molar-refractivity contribution in [1.29, 1.82) is 0 Å². The Kier molecular flexibility index (Phi) is 5.61. The molecule has 6 heteroatoms. The minimum Gasteiger partial charge on any atom is -0.451 e. The molecule has 0 aliphatic carbocycles. The second kappa shape index (κ2) is 6.98. The average molecular weight is 281 g/mol. The summed E-state index contributed by atoms with van der Waals surface area (Å²) in [6, 6.07) is 1.70. The largest absolute Gasteiger partial charge is 0.451 e. The predicted octanol–water partition coefficient (Wildman–Crippen LogP) is 1.72. The van der Waals surface area contributed by atoms with Gasteiger partial charge in [-0.25, -0.2) is 4.79 Å². The Bertz CT molecular complexity index is 480. The molecule has 1 unspecified atom stereocenters. The number of anilines is 1. The van der Waals surface area contributed by atoms with Crippen LogP contribution in [0.5, 0.6) is 0 Å². The smallest absolute Gasteiger partial charge is 0.355 e. The molecule has 1 aromatic rings. The zero-order valence-electron chi connectivity index (χ0n) is 12.5. The lowest BCUT2D eigenvalue weighted by molar-refractivity contribution is -0.124. The summed E-state index contributed by atoms with van der Waals surface area (Å²) in [5, 5.41) is 2.73. The van der Waals surface area contributed by atoms with Gasteiger partial charge in [0, 0.05) is 18.3 Å². The Morgan fingerprint density at radius 3 is 2.60 bits per heavy atom. The fourth-order valence-corrected chi connectivity index (χ4v) is 1.71. The van der Waals surface area contributed by atoms with Crippen LogP contribution in [0.1, 0.15) is 50.6 Å². The van der Waals surface area contributed by atoms with Crippen molar-refractivity contribution in [1.82, 2.24) is 9.88 Å². The molecule has 0 aliphatic heterocycles. The van der Waals surface area contributed by atoms with Crippen molar-refractivity contribution in [2.45, 2.75) is 46.2 Å². The Balaban J connectivity index is 2.61. The van der Waals surface area contributed by atoms with Crippen LogP contribution in [0.2, 0.25) is 0 Å². The summed E-state index contributed by atoms with van der Waals surface area (Å²) in [5.74, 6) is -0.849. The van der Waals surface area contributed by atoms with Gasteiger partial charge in [0.1, 0.15) is 5.69 Å². The molecular weight excluding hydrogens is 258 g/mol. The van der Waals surface area contributed by atoms with Crippen LogP contribution >= 0.6 is 0 Å². The number of hydrogen-bond acceptors (Lipinski definition) is 4. The van der Waals surface area contributed by atoms with E-state index in [2.05, 4.69) is 5.32 Å². The van der Waals surface area contributed by atoms with Crippen molar-refractivity contribution in [2.24, 2.45) is 0 Å². The summed E-state index contributed by atoms with van der Waals surface area (Å²) in [5.41, 5.74) is 6.54. The average Bonchev–Trinajstić information content (AvgIpc) is 2.78. The van der Waals surface area contributed by atoms with E-state index in [1.165, 1.54) is 0 Å². The third kappa shape index (κ3) is 4.29. The molecule has 0 saturated heterocycles. The second-order valence-corrected chi connectivity index (χ2v) is 5.11. The summed E-state index contributed by atoms with van der Waals surface area (Å²) in [4.78, 5) is 23.5. The maximum Gasteiger partial charge on any atom is 0.355 e. The van der Waals surface area contributed by atoms with Crippen molar-refractivity contribution >= 4 is 17.6 Å². The van der Waals surface area contributed by atoms with Crippen LogP contribution in [-0.2, 0) is 9.53 Å². The third-order valence-corrected chi connectivity index (χ3v) is 2.99. The molecule has 0 bridgehead atoms. The van der Waals surface area contributed by atoms with E-state index in [0.29, 0.717) is 11.4 Å². The highest BCUT2D eigenvalue weighted by molar-refractivity contribution is 5.91. The first kappa shape index (κ1) is 16.1. The number of nitrogen functional groups attached to an aromatic ring is 1. The van der Waals surface area contributed by atoms with Gasteiger partial charge >= 0.3 is 5.97 Å². The Labute approximate surface area is 119 Å². The highest BCUT2D eigenvalue weighted by Crippen LogP contribution is 2.17. The van der Waals surface area contributed by atoms with Crippen molar-refractivity contribution in [3.8, 4) is 0 Å². The van der Waals surface area contributed by atoms with E-state index in [1.807, 2.05) is 27.7 Å². The molecule has 1 amide bonds. The van der Waals surface area contributed by atoms with Gasteiger partial charge < -0.3 is 20.4 Å². The first-order chi connectivity index (χ1) is 9.35.